The van der Waals surface area contributed by atoms with E-state index in [9.17, 15) is 9.90 Å². The van der Waals surface area contributed by atoms with Gasteiger partial charge in [0.25, 0.3) is 0 Å². The highest BCUT2D eigenvalue weighted by atomic mass is 16.6. The number of aliphatic hydroxyl groups excluding tert-OH is 1. The van der Waals surface area contributed by atoms with Crippen LogP contribution in [0.1, 0.15) is 194 Å². The molecule has 0 radical (unpaired) electrons. The Morgan fingerprint density at radius 3 is 1.49 bits per heavy atom. The molecule has 0 saturated carbocycles. The van der Waals surface area contributed by atoms with Crippen LogP contribution >= 0.6 is 0 Å². The maximum Gasteiger partial charge on any atom is 0.306 e. The molecule has 0 amide bonds. The lowest BCUT2D eigenvalue weighted by Gasteiger charge is -2.16. The zero-order valence-corrected chi connectivity index (χ0v) is 29.0. The molecule has 0 aromatic heterocycles. The molecule has 0 bridgehead atoms. The van der Waals surface area contributed by atoms with Gasteiger partial charge in [0.15, 0.2) is 0 Å². The van der Waals surface area contributed by atoms with Gasteiger partial charge in [-0.25, -0.2) is 0 Å². The van der Waals surface area contributed by atoms with Gasteiger partial charge in [-0.05, 0) is 44.9 Å². The number of esters is 1. The summed E-state index contributed by atoms with van der Waals surface area (Å²) in [4.78, 5) is 12.1. The summed E-state index contributed by atoms with van der Waals surface area (Å²) in [6.07, 6.45) is 43.6. The molecule has 0 fully saturated rings. The molecule has 4 heteroatoms. The minimum absolute atomic E-state index is 0.169. The highest BCUT2D eigenvalue weighted by Crippen LogP contribution is 2.14. The molecule has 1 N–H and O–H groups in total. The van der Waals surface area contributed by atoms with Crippen molar-refractivity contribution in [2.75, 3.05) is 19.8 Å². The summed E-state index contributed by atoms with van der Waals surface area (Å²) >= 11 is 0. The first-order valence-electron chi connectivity index (χ1n) is 18.9. The van der Waals surface area contributed by atoms with E-state index in [2.05, 4.69) is 38.2 Å². The molecule has 0 heterocycles. The molecule has 0 aromatic rings. The Hall–Kier alpha value is -1.13. The van der Waals surface area contributed by atoms with Crippen molar-refractivity contribution in [1.29, 1.82) is 0 Å². The van der Waals surface area contributed by atoms with Crippen LogP contribution in [0.3, 0.4) is 0 Å². The molecular weight excluding hydrogens is 532 g/mol. The summed E-state index contributed by atoms with van der Waals surface area (Å²) in [7, 11) is 0. The molecule has 0 spiro atoms. The number of allylic oxidation sites excluding steroid dienone is 4. The van der Waals surface area contributed by atoms with E-state index in [0.29, 0.717) is 19.6 Å². The van der Waals surface area contributed by atoms with Crippen molar-refractivity contribution < 1.29 is 19.4 Å². The van der Waals surface area contributed by atoms with Gasteiger partial charge in [-0.15, -0.1) is 0 Å². The fraction of sp³-hybridized carbons (Fsp3) is 0.872. The minimum Gasteiger partial charge on any atom is -0.457 e. The van der Waals surface area contributed by atoms with Crippen LogP contribution in [0, 0.1) is 0 Å². The lowest BCUT2D eigenvalue weighted by atomic mass is 10.1. The van der Waals surface area contributed by atoms with Crippen molar-refractivity contribution in [3.8, 4) is 0 Å². The lowest BCUT2D eigenvalue weighted by Crippen LogP contribution is -2.27. The summed E-state index contributed by atoms with van der Waals surface area (Å²) < 4.78 is 11.1. The van der Waals surface area contributed by atoms with Gasteiger partial charge in [-0.2, -0.15) is 0 Å². The third kappa shape index (κ3) is 35.2. The van der Waals surface area contributed by atoms with E-state index < -0.39 is 6.10 Å². The summed E-state index contributed by atoms with van der Waals surface area (Å²) in [5.74, 6) is -0.202. The van der Waals surface area contributed by atoms with Gasteiger partial charge in [0, 0.05) is 13.0 Å². The van der Waals surface area contributed by atoms with Gasteiger partial charge in [-0.1, -0.05) is 167 Å². The number of ether oxygens (including phenoxy) is 2. The molecule has 0 aliphatic rings. The van der Waals surface area contributed by atoms with Crippen molar-refractivity contribution in [1.82, 2.24) is 0 Å². The predicted molar refractivity (Wildman–Crippen MR) is 187 cm³/mol. The van der Waals surface area contributed by atoms with Crippen LogP contribution in [0.4, 0.5) is 0 Å². The minimum atomic E-state index is -0.529. The van der Waals surface area contributed by atoms with E-state index in [1.165, 1.54) is 148 Å². The topological polar surface area (TPSA) is 55.8 Å². The maximum atomic E-state index is 12.1. The molecule has 1 atom stereocenters. The van der Waals surface area contributed by atoms with Crippen LogP contribution in [0.25, 0.3) is 0 Å². The average molecular weight is 607 g/mol. The van der Waals surface area contributed by atoms with Gasteiger partial charge in [0.2, 0.25) is 0 Å². The number of carbonyl (C=O) groups is 1. The van der Waals surface area contributed by atoms with Crippen LogP contribution in [0.15, 0.2) is 24.3 Å². The second-order valence-corrected chi connectivity index (χ2v) is 12.7. The fourth-order valence-corrected chi connectivity index (χ4v) is 5.42. The van der Waals surface area contributed by atoms with Crippen LogP contribution < -0.4 is 0 Å². The molecule has 0 aliphatic carbocycles. The summed E-state index contributed by atoms with van der Waals surface area (Å²) in [5, 5.41) is 9.54. The van der Waals surface area contributed by atoms with Crippen molar-refractivity contribution in [2.45, 2.75) is 200 Å². The number of carbonyl (C=O) groups excluding carboxylic acids is 1. The maximum absolute atomic E-state index is 12.1. The Bertz CT molecular complexity index is 600. The molecular formula is C39H74O4. The summed E-state index contributed by atoms with van der Waals surface area (Å²) in [6.45, 7) is 5.32. The Morgan fingerprint density at radius 2 is 0.977 bits per heavy atom. The van der Waals surface area contributed by atoms with Gasteiger partial charge < -0.3 is 14.6 Å². The second-order valence-electron chi connectivity index (χ2n) is 12.7. The number of aliphatic hydroxyl groups is 1. The highest BCUT2D eigenvalue weighted by molar-refractivity contribution is 5.69. The zero-order chi connectivity index (χ0) is 31.3. The van der Waals surface area contributed by atoms with Crippen LogP contribution in [0.2, 0.25) is 0 Å². The quantitative estimate of drug-likeness (QED) is 0.0443. The van der Waals surface area contributed by atoms with Gasteiger partial charge in [-0.3, -0.25) is 4.79 Å². The Kier molecular flexibility index (Phi) is 36.1. The smallest absolute Gasteiger partial charge is 0.306 e. The normalized spacial score (nSPS) is 12.5. The Morgan fingerprint density at radius 1 is 0.558 bits per heavy atom. The van der Waals surface area contributed by atoms with Gasteiger partial charge in [0.1, 0.15) is 6.10 Å². The van der Waals surface area contributed by atoms with Crippen LogP contribution in [0.5, 0.6) is 0 Å². The molecule has 0 saturated heterocycles. The number of hydrogen-bond acceptors (Lipinski definition) is 4. The van der Waals surface area contributed by atoms with E-state index in [1.54, 1.807) is 0 Å². The van der Waals surface area contributed by atoms with Crippen molar-refractivity contribution in [2.24, 2.45) is 0 Å². The second kappa shape index (κ2) is 37.1. The van der Waals surface area contributed by atoms with E-state index in [4.69, 9.17) is 9.47 Å². The summed E-state index contributed by atoms with van der Waals surface area (Å²) in [6, 6.07) is 0. The van der Waals surface area contributed by atoms with Gasteiger partial charge >= 0.3 is 5.97 Å². The Balaban J connectivity index is 3.40. The van der Waals surface area contributed by atoms with Crippen LogP contribution in [-0.2, 0) is 14.3 Å². The molecule has 43 heavy (non-hydrogen) atoms. The standard InChI is InChI=1S/C39H74O4/c1-3-5-7-9-11-13-15-16-17-18-19-20-21-22-23-25-27-29-31-33-35-42-37-38(36-40)43-39(41)34-32-30-28-26-24-14-12-10-8-6-4-2/h11,13,16-17,38,40H,3-10,12,14-15,18-37H2,1-2H3/b13-11-,17-16-. The molecule has 0 aliphatic heterocycles. The number of rotatable bonds is 35. The van der Waals surface area contributed by atoms with E-state index in [1.807, 2.05) is 0 Å². The molecule has 4 nitrogen and oxygen atoms in total. The molecule has 0 aromatic carbocycles. The zero-order valence-electron chi connectivity index (χ0n) is 29.0. The third-order valence-electron chi connectivity index (χ3n) is 8.28. The average Bonchev–Trinajstić information content (AvgIpc) is 3.01. The van der Waals surface area contributed by atoms with E-state index in [0.717, 1.165) is 25.7 Å². The number of hydrogen-bond donors (Lipinski definition) is 1. The highest BCUT2D eigenvalue weighted by Gasteiger charge is 2.13. The molecule has 1 unspecified atom stereocenters. The van der Waals surface area contributed by atoms with Crippen molar-refractivity contribution in [3.63, 3.8) is 0 Å². The SMILES string of the molecule is CCCCC/C=C\C/C=C\CCCCCCCCCCCCOCC(CO)OC(=O)CCCCCCCCCCCCC. The first-order chi connectivity index (χ1) is 21.2. The molecule has 254 valence electrons. The van der Waals surface area contributed by atoms with Gasteiger partial charge in [0.05, 0.1) is 13.2 Å². The number of unbranched alkanes of at least 4 members (excludes halogenated alkanes) is 23. The third-order valence-corrected chi connectivity index (χ3v) is 8.28. The predicted octanol–water partition coefficient (Wildman–Crippen LogP) is 12.0. The lowest BCUT2D eigenvalue weighted by molar-refractivity contribution is -0.154. The first-order valence-corrected chi connectivity index (χ1v) is 18.9. The molecule has 0 rings (SSSR count). The van der Waals surface area contributed by atoms with Crippen molar-refractivity contribution in [3.05, 3.63) is 24.3 Å². The van der Waals surface area contributed by atoms with E-state index in [-0.39, 0.29) is 12.6 Å². The largest absolute Gasteiger partial charge is 0.457 e. The van der Waals surface area contributed by atoms with Crippen molar-refractivity contribution >= 4 is 5.97 Å². The summed E-state index contributed by atoms with van der Waals surface area (Å²) in [5.41, 5.74) is 0. The first kappa shape index (κ1) is 41.9. The fourth-order valence-electron chi connectivity index (χ4n) is 5.42. The monoisotopic (exact) mass is 607 g/mol. The van der Waals surface area contributed by atoms with E-state index >= 15 is 0 Å². The van der Waals surface area contributed by atoms with Crippen LogP contribution in [-0.4, -0.2) is 37.0 Å². The Labute approximate surface area is 268 Å².